The summed E-state index contributed by atoms with van der Waals surface area (Å²) >= 11 is 0. The van der Waals surface area contributed by atoms with E-state index in [2.05, 4.69) is 0 Å². The Morgan fingerprint density at radius 1 is 1.11 bits per heavy atom. The Morgan fingerprint density at radius 3 is 2.56 bits per heavy atom. The second-order valence-electron chi connectivity index (χ2n) is 4.83. The van der Waals surface area contributed by atoms with Crippen molar-refractivity contribution in [2.24, 2.45) is 0 Å². The van der Waals surface area contributed by atoms with Crippen LogP contribution >= 0.6 is 0 Å². The average molecular weight is 247 g/mol. The molecule has 1 aliphatic heterocycles. The van der Waals surface area contributed by atoms with E-state index in [0.717, 1.165) is 31.7 Å². The van der Waals surface area contributed by atoms with Crippen LogP contribution in [0.4, 0.5) is 0 Å². The van der Waals surface area contributed by atoms with Gasteiger partial charge in [0.2, 0.25) is 5.91 Å². The van der Waals surface area contributed by atoms with Crippen LogP contribution in [0.2, 0.25) is 0 Å². The molecule has 0 N–H and O–H groups in total. The lowest BCUT2D eigenvalue weighted by molar-refractivity contribution is -0.132. The van der Waals surface area contributed by atoms with Crippen LogP contribution < -0.4 is 4.74 Å². The summed E-state index contributed by atoms with van der Waals surface area (Å²) in [6.07, 6.45) is 5.31. The molecule has 0 radical (unpaired) electrons. The molecule has 2 rings (SSSR count). The van der Waals surface area contributed by atoms with Crippen LogP contribution in [-0.4, -0.2) is 24.5 Å². The summed E-state index contributed by atoms with van der Waals surface area (Å²) in [5, 5.41) is 0. The molecule has 0 aromatic heterocycles. The summed E-state index contributed by atoms with van der Waals surface area (Å²) in [4.78, 5) is 14.0. The lowest BCUT2D eigenvalue weighted by Gasteiger charge is -2.25. The SMILES string of the molecule is COc1ccc(CN2CCCCCCC2=O)cc1. The molecule has 1 fully saturated rings. The van der Waals surface area contributed by atoms with Gasteiger partial charge in [0.15, 0.2) is 0 Å². The highest BCUT2D eigenvalue weighted by Gasteiger charge is 2.15. The highest BCUT2D eigenvalue weighted by atomic mass is 16.5. The standard InChI is InChI=1S/C15H21NO2/c1-18-14-9-7-13(8-10-14)12-16-11-5-3-2-4-6-15(16)17/h7-10H,2-6,11-12H2,1H3. The molecule has 3 heteroatoms. The first-order valence-corrected chi connectivity index (χ1v) is 6.70. The Bertz CT molecular complexity index is 386. The third kappa shape index (κ3) is 3.49. The number of likely N-dealkylation sites (tertiary alicyclic amines) is 1. The Labute approximate surface area is 109 Å². The molecular weight excluding hydrogens is 226 g/mol. The van der Waals surface area contributed by atoms with Gasteiger partial charge in [0.25, 0.3) is 0 Å². The summed E-state index contributed by atoms with van der Waals surface area (Å²) in [6.45, 7) is 1.62. The van der Waals surface area contributed by atoms with Crippen LogP contribution in [0.3, 0.4) is 0 Å². The minimum Gasteiger partial charge on any atom is -0.497 e. The fourth-order valence-electron chi connectivity index (χ4n) is 2.33. The van der Waals surface area contributed by atoms with Crippen molar-refractivity contribution in [1.29, 1.82) is 0 Å². The monoisotopic (exact) mass is 247 g/mol. The van der Waals surface area contributed by atoms with Gasteiger partial charge in [-0.2, -0.15) is 0 Å². The molecule has 1 saturated heterocycles. The predicted octanol–water partition coefficient (Wildman–Crippen LogP) is 2.99. The molecule has 1 amide bonds. The number of amides is 1. The third-order valence-electron chi connectivity index (χ3n) is 3.45. The quantitative estimate of drug-likeness (QED) is 0.821. The van der Waals surface area contributed by atoms with Crippen molar-refractivity contribution in [2.75, 3.05) is 13.7 Å². The normalized spacial score (nSPS) is 17.2. The molecule has 18 heavy (non-hydrogen) atoms. The van der Waals surface area contributed by atoms with E-state index in [4.69, 9.17) is 4.74 Å². The third-order valence-corrected chi connectivity index (χ3v) is 3.45. The predicted molar refractivity (Wildman–Crippen MR) is 71.5 cm³/mol. The maximum absolute atomic E-state index is 12.0. The van der Waals surface area contributed by atoms with Gasteiger partial charge >= 0.3 is 0 Å². The van der Waals surface area contributed by atoms with E-state index in [1.165, 1.54) is 18.4 Å². The van der Waals surface area contributed by atoms with E-state index in [9.17, 15) is 4.79 Å². The highest BCUT2D eigenvalue weighted by molar-refractivity contribution is 5.76. The van der Waals surface area contributed by atoms with Crippen molar-refractivity contribution in [3.8, 4) is 5.75 Å². The molecule has 0 unspecified atom stereocenters. The van der Waals surface area contributed by atoms with Gasteiger partial charge in [-0.15, -0.1) is 0 Å². The van der Waals surface area contributed by atoms with E-state index in [1.54, 1.807) is 7.11 Å². The molecule has 1 aromatic rings. The van der Waals surface area contributed by atoms with Crippen molar-refractivity contribution in [3.05, 3.63) is 29.8 Å². The second kappa shape index (κ2) is 6.43. The zero-order valence-corrected chi connectivity index (χ0v) is 11.0. The molecule has 1 aliphatic rings. The average Bonchev–Trinajstić information content (AvgIpc) is 2.39. The summed E-state index contributed by atoms with van der Waals surface area (Å²) in [6, 6.07) is 7.96. The summed E-state index contributed by atoms with van der Waals surface area (Å²) in [5.74, 6) is 1.16. The van der Waals surface area contributed by atoms with Gasteiger partial charge < -0.3 is 9.64 Å². The smallest absolute Gasteiger partial charge is 0.222 e. The number of carbonyl (C=O) groups excluding carboxylic acids is 1. The molecule has 0 spiro atoms. The minimum absolute atomic E-state index is 0.297. The zero-order chi connectivity index (χ0) is 12.8. The van der Waals surface area contributed by atoms with Crippen LogP contribution in [-0.2, 0) is 11.3 Å². The molecule has 0 saturated carbocycles. The largest absolute Gasteiger partial charge is 0.497 e. The van der Waals surface area contributed by atoms with Crippen LogP contribution in [0.5, 0.6) is 5.75 Å². The summed E-state index contributed by atoms with van der Waals surface area (Å²) in [5.41, 5.74) is 1.17. The molecule has 1 heterocycles. The number of carbonyl (C=O) groups is 1. The topological polar surface area (TPSA) is 29.5 Å². The second-order valence-corrected chi connectivity index (χ2v) is 4.83. The molecule has 98 valence electrons. The molecule has 0 aliphatic carbocycles. The summed E-state index contributed by atoms with van der Waals surface area (Å²) in [7, 11) is 1.66. The van der Waals surface area contributed by atoms with Crippen LogP contribution in [0.15, 0.2) is 24.3 Å². The number of benzene rings is 1. The van der Waals surface area contributed by atoms with Crippen LogP contribution in [0, 0.1) is 0 Å². The van der Waals surface area contributed by atoms with Crippen molar-refractivity contribution >= 4 is 5.91 Å². The first-order chi connectivity index (χ1) is 8.79. The Hall–Kier alpha value is -1.51. The first-order valence-electron chi connectivity index (χ1n) is 6.70. The van der Waals surface area contributed by atoms with Gasteiger partial charge in [0, 0.05) is 19.5 Å². The van der Waals surface area contributed by atoms with Gasteiger partial charge in [0.05, 0.1) is 7.11 Å². The lowest BCUT2D eigenvalue weighted by atomic mass is 10.1. The molecular formula is C15H21NO2. The fraction of sp³-hybridized carbons (Fsp3) is 0.533. The van der Waals surface area contributed by atoms with Gasteiger partial charge in [-0.3, -0.25) is 4.79 Å². The van der Waals surface area contributed by atoms with Crippen molar-refractivity contribution in [1.82, 2.24) is 4.90 Å². The van der Waals surface area contributed by atoms with Gasteiger partial charge in [0.1, 0.15) is 5.75 Å². The van der Waals surface area contributed by atoms with Crippen LogP contribution in [0.25, 0.3) is 0 Å². The van der Waals surface area contributed by atoms with Gasteiger partial charge in [-0.25, -0.2) is 0 Å². The molecule has 0 bridgehead atoms. The maximum Gasteiger partial charge on any atom is 0.222 e. The van der Waals surface area contributed by atoms with E-state index < -0.39 is 0 Å². The Kier molecular flexibility index (Phi) is 4.62. The molecule has 1 aromatic carbocycles. The number of nitrogens with zero attached hydrogens (tertiary/aromatic N) is 1. The molecule has 3 nitrogen and oxygen atoms in total. The minimum atomic E-state index is 0.297. The Morgan fingerprint density at radius 2 is 1.83 bits per heavy atom. The van der Waals surface area contributed by atoms with Crippen molar-refractivity contribution in [3.63, 3.8) is 0 Å². The number of ether oxygens (including phenoxy) is 1. The first kappa shape index (κ1) is 12.9. The van der Waals surface area contributed by atoms with Gasteiger partial charge in [-0.1, -0.05) is 25.0 Å². The van der Waals surface area contributed by atoms with E-state index >= 15 is 0 Å². The fourth-order valence-corrected chi connectivity index (χ4v) is 2.33. The molecule has 0 atom stereocenters. The van der Waals surface area contributed by atoms with Crippen molar-refractivity contribution in [2.45, 2.75) is 38.6 Å². The van der Waals surface area contributed by atoms with E-state index in [-0.39, 0.29) is 0 Å². The number of rotatable bonds is 3. The number of hydrogen-bond donors (Lipinski definition) is 0. The van der Waals surface area contributed by atoms with Crippen molar-refractivity contribution < 1.29 is 9.53 Å². The lowest BCUT2D eigenvalue weighted by Crippen LogP contribution is -2.32. The Balaban J connectivity index is 1.98. The van der Waals surface area contributed by atoms with E-state index in [1.807, 2.05) is 29.2 Å². The van der Waals surface area contributed by atoms with Crippen LogP contribution in [0.1, 0.15) is 37.7 Å². The zero-order valence-electron chi connectivity index (χ0n) is 11.0. The highest BCUT2D eigenvalue weighted by Crippen LogP contribution is 2.16. The van der Waals surface area contributed by atoms with E-state index in [0.29, 0.717) is 12.3 Å². The number of hydrogen-bond acceptors (Lipinski definition) is 2. The maximum atomic E-state index is 12.0. The summed E-state index contributed by atoms with van der Waals surface area (Å²) < 4.78 is 5.14. The number of methoxy groups -OCH3 is 1. The van der Waals surface area contributed by atoms with Gasteiger partial charge in [-0.05, 0) is 30.5 Å².